The predicted molar refractivity (Wildman–Crippen MR) is 159 cm³/mol. The Labute approximate surface area is 229 Å². The molecule has 8 rings (SSSR count). The summed E-state index contributed by atoms with van der Waals surface area (Å²) in [7, 11) is 1.68. The monoisotopic (exact) mass is 515 g/mol. The molecule has 0 radical (unpaired) electrons. The zero-order chi connectivity index (χ0) is 26.6. The molecule has 5 atom stereocenters. The number of nitrogens with zero attached hydrogens (tertiary/aromatic N) is 2. The smallest absolute Gasteiger partial charge is 0.131 e. The molecular weight excluding hydrogens is 480 g/mol. The molecule has 0 spiro atoms. The van der Waals surface area contributed by atoms with Crippen molar-refractivity contribution in [1.29, 1.82) is 0 Å². The maximum absolute atomic E-state index is 12.2. The number of aliphatic hydroxyl groups is 1. The number of fused-ring (bicyclic) bond motifs is 6. The lowest BCUT2D eigenvalue weighted by atomic mass is 9.71. The van der Waals surface area contributed by atoms with E-state index in [0.717, 1.165) is 52.8 Å². The van der Waals surface area contributed by atoms with E-state index in [1.165, 1.54) is 33.5 Å². The first-order chi connectivity index (χ1) is 19.1. The summed E-state index contributed by atoms with van der Waals surface area (Å²) in [5.74, 6) is 1.82. The lowest BCUT2D eigenvalue weighted by Crippen LogP contribution is -2.67. The number of quaternary nitrogens is 1. The topological polar surface area (TPSA) is 42.4 Å². The minimum absolute atomic E-state index is 0.0921. The number of ether oxygens (including phenoxy) is 1. The lowest BCUT2D eigenvalue weighted by Gasteiger charge is -2.58. The van der Waals surface area contributed by atoms with Gasteiger partial charge in [0.15, 0.2) is 0 Å². The van der Waals surface area contributed by atoms with Gasteiger partial charge in [-0.1, -0.05) is 54.6 Å². The molecule has 2 bridgehead atoms. The van der Waals surface area contributed by atoms with Crippen molar-refractivity contribution in [2.75, 3.05) is 20.2 Å². The van der Waals surface area contributed by atoms with Crippen LogP contribution in [-0.2, 0) is 6.54 Å². The van der Waals surface area contributed by atoms with Crippen molar-refractivity contribution in [2.24, 2.45) is 11.8 Å². The van der Waals surface area contributed by atoms with Crippen molar-refractivity contribution < 1.29 is 14.3 Å². The van der Waals surface area contributed by atoms with E-state index in [2.05, 4.69) is 72.2 Å². The fourth-order valence-corrected chi connectivity index (χ4v) is 7.71. The summed E-state index contributed by atoms with van der Waals surface area (Å²) in [5, 5.41) is 18.4. The zero-order valence-corrected chi connectivity index (χ0v) is 22.5. The van der Waals surface area contributed by atoms with E-state index < -0.39 is 6.10 Å². The largest absolute Gasteiger partial charge is 0.497 e. The number of benzene rings is 4. The first-order valence-electron chi connectivity index (χ1n) is 14.1. The summed E-state index contributed by atoms with van der Waals surface area (Å²) in [6.07, 6.45) is 5.58. The minimum atomic E-state index is -0.600. The van der Waals surface area contributed by atoms with Crippen LogP contribution in [0.3, 0.4) is 0 Å². The molecular formula is C35H35N2O2+. The van der Waals surface area contributed by atoms with E-state index in [4.69, 9.17) is 4.74 Å². The minimum Gasteiger partial charge on any atom is -0.497 e. The van der Waals surface area contributed by atoms with Crippen molar-refractivity contribution in [1.82, 2.24) is 4.98 Å². The molecule has 1 aromatic heterocycles. The first-order valence-corrected chi connectivity index (χ1v) is 14.1. The van der Waals surface area contributed by atoms with Gasteiger partial charge in [0, 0.05) is 35.9 Å². The van der Waals surface area contributed by atoms with E-state index in [1.54, 1.807) is 7.11 Å². The average Bonchev–Trinajstić information content (AvgIpc) is 3.00. The third-order valence-electron chi connectivity index (χ3n) is 9.70. The van der Waals surface area contributed by atoms with Gasteiger partial charge in [0.1, 0.15) is 24.4 Å². The van der Waals surface area contributed by atoms with Gasteiger partial charge in [0.2, 0.25) is 0 Å². The molecule has 0 amide bonds. The molecule has 4 unspecified atom stereocenters. The van der Waals surface area contributed by atoms with Gasteiger partial charge in [-0.05, 0) is 63.4 Å². The van der Waals surface area contributed by atoms with Gasteiger partial charge < -0.3 is 14.3 Å². The number of aromatic nitrogens is 1. The normalized spacial score (nSPS) is 25.2. The van der Waals surface area contributed by atoms with Gasteiger partial charge in [-0.2, -0.15) is 0 Å². The van der Waals surface area contributed by atoms with Crippen molar-refractivity contribution in [3.05, 3.63) is 109 Å². The summed E-state index contributed by atoms with van der Waals surface area (Å²) in [5.41, 5.74) is 3.23. The molecule has 4 aromatic carbocycles. The third kappa shape index (κ3) is 3.93. The van der Waals surface area contributed by atoms with E-state index in [0.29, 0.717) is 11.8 Å². The van der Waals surface area contributed by atoms with Gasteiger partial charge >= 0.3 is 0 Å². The number of piperidine rings is 3. The molecule has 5 aromatic rings. The molecule has 39 heavy (non-hydrogen) atoms. The fraction of sp³-hybridized carbons (Fsp3) is 0.286. The van der Waals surface area contributed by atoms with E-state index >= 15 is 0 Å². The highest BCUT2D eigenvalue weighted by Gasteiger charge is 2.54. The van der Waals surface area contributed by atoms with Crippen LogP contribution in [0, 0.1) is 11.8 Å². The number of methoxy groups -OCH3 is 1. The van der Waals surface area contributed by atoms with Gasteiger partial charge in [0.05, 0.1) is 25.7 Å². The van der Waals surface area contributed by atoms with Crippen LogP contribution in [0.4, 0.5) is 0 Å². The molecule has 196 valence electrons. The second-order valence-electron chi connectivity index (χ2n) is 11.6. The Kier molecular flexibility index (Phi) is 5.91. The van der Waals surface area contributed by atoms with Crippen molar-refractivity contribution in [3.8, 4) is 5.75 Å². The fourth-order valence-electron chi connectivity index (χ4n) is 7.71. The Morgan fingerprint density at radius 3 is 2.46 bits per heavy atom. The molecule has 3 saturated heterocycles. The third-order valence-corrected chi connectivity index (χ3v) is 9.70. The Morgan fingerprint density at radius 2 is 1.74 bits per heavy atom. The highest BCUT2D eigenvalue weighted by atomic mass is 16.5. The van der Waals surface area contributed by atoms with Gasteiger partial charge in [0.25, 0.3) is 0 Å². The van der Waals surface area contributed by atoms with Crippen LogP contribution in [0.25, 0.3) is 32.4 Å². The maximum Gasteiger partial charge on any atom is 0.131 e. The number of hydrogen-bond acceptors (Lipinski definition) is 3. The Bertz CT molecular complexity index is 1660. The second-order valence-corrected chi connectivity index (χ2v) is 11.6. The van der Waals surface area contributed by atoms with Crippen molar-refractivity contribution in [2.45, 2.75) is 31.5 Å². The molecule has 4 heterocycles. The van der Waals surface area contributed by atoms with Crippen LogP contribution in [0.1, 0.15) is 30.1 Å². The Morgan fingerprint density at radius 1 is 1.00 bits per heavy atom. The lowest BCUT2D eigenvalue weighted by molar-refractivity contribution is -0.984. The number of rotatable bonds is 6. The summed E-state index contributed by atoms with van der Waals surface area (Å²) in [6, 6.07) is 27.9. The molecule has 4 heteroatoms. The van der Waals surface area contributed by atoms with Crippen LogP contribution in [-0.4, -0.2) is 40.8 Å². The predicted octanol–water partition coefficient (Wildman–Crippen LogP) is 7.19. The first kappa shape index (κ1) is 24.3. The molecule has 3 fully saturated rings. The number of aliphatic hydroxyl groups excluding tert-OH is 1. The summed E-state index contributed by atoms with van der Waals surface area (Å²) >= 11 is 0. The SMILES string of the molecule is C=CC1C[N+]2(Cc3c4ccccc4cc4ccccc34)CCC1CC2[C@@H](O)c1ccnc2ccc(OC)cc12. The highest BCUT2D eigenvalue weighted by Crippen LogP contribution is 2.49. The molecule has 1 N–H and O–H groups in total. The summed E-state index contributed by atoms with van der Waals surface area (Å²) < 4.78 is 6.41. The molecule has 0 aliphatic carbocycles. The Balaban J connectivity index is 1.39. The maximum atomic E-state index is 12.2. The molecule has 3 aliphatic rings. The van der Waals surface area contributed by atoms with Crippen LogP contribution in [0.5, 0.6) is 5.75 Å². The van der Waals surface area contributed by atoms with Crippen molar-refractivity contribution >= 4 is 32.4 Å². The summed E-state index contributed by atoms with van der Waals surface area (Å²) in [6.45, 7) is 7.21. The van der Waals surface area contributed by atoms with Gasteiger partial charge in [-0.25, -0.2) is 0 Å². The highest BCUT2D eigenvalue weighted by molar-refractivity contribution is 6.02. The standard InChI is InChI=1S/C35H35N2O2/c1-3-23-21-37(22-32-28-10-6-4-8-25(28)18-26-9-5-7-11-29(26)32)17-15-24(23)19-34(37)35(38)30-14-16-36-33-13-12-27(39-2)20-31(30)33/h3-14,16,18,20,23-24,34-35,38H,1,15,17,19,21-22H2,2H3/q+1/t23?,24?,34?,35-,37?/m0/s1. The van der Waals surface area contributed by atoms with Crippen molar-refractivity contribution in [3.63, 3.8) is 0 Å². The summed E-state index contributed by atoms with van der Waals surface area (Å²) in [4.78, 5) is 4.59. The van der Waals surface area contributed by atoms with Crippen LogP contribution < -0.4 is 4.74 Å². The van der Waals surface area contributed by atoms with E-state index in [9.17, 15) is 5.11 Å². The molecule has 3 aliphatic heterocycles. The Hall–Kier alpha value is -3.73. The zero-order valence-electron chi connectivity index (χ0n) is 22.5. The van der Waals surface area contributed by atoms with Crippen LogP contribution in [0.2, 0.25) is 0 Å². The average molecular weight is 516 g/mol. The van der Waals surface area contributed by atoms with Crippen LogP contribution >= 0.6 is 0 Å². The van der Waals surface area contributed by atoms with E-state index in [1.807, 2.05) is 30.5 Å². The second kappa shape index (κ2) is 9.48. The quantitative estimate of drug-likeness (QED) is 0.148. The molecule has 4 nitrogen and oxygen atoms in total. The number of hydrogen-bond donors (Lipinski definition) is 1. The van der Waals surface area contributed by atoms with E-state index in [-0.39, 0.29) is 6.04 Å². The van der Waals surface area contributed by atoms with Crippen LogP contribution in [0.15, 0.2) is 97.7 Å². The number of pyridine rings is 1. The van der Waals surface area contributed by atoms with Gasteiger partial charge in [-0.3, -0.25) is 4.98 Å². The van der Waals surface area contributed by atoms with Gasteiger partial charge in [-0.15, -0.1) is 6.58 Å². The molecule has 0 saturated carbocycles.